The molecule has 2 heterocycles. The summed E-state index contributed by atoms with van der Waals surface area (Å²) in [4.78, 5) is 32.5. The van der Waals surface area contributed by atoms with Crippen molar-refractivity contribution in [3.8, 4) is 23.0 Å². The van der Waals surface area contributed by atoms with Crippen LogP contribution in [-0.2, 0) is 16.1 Å². The molecule has 0 amide bonds. The van der Waals surface area contributed by atoms with E-state index in [1.165, 1.54) is 29.1 Å². The van der Waals surface area contributed by atoms with Crippen molar-refractivity contribution in [2.24, 2.45) is 4.99 Å². The Balaban J connectivity index is 1.58. The molecular formula is C36H37FN2O7S. The van der Waals surface area contributed by atoms with Gasteiger partial charge in [0.2, 0.25) is 0 Å². The molecule has 0 aliphatic carbocycles. The fraction of sp³-hybridized carbons (Fsp3) is 0.306. The molecule has 1 aliphatic heterocycles. The third kappa shape index (κ3) is 7.25. The smallest absolute Gasteiger partial charge is 0.338 e. The summed E-state index contributed by atoms with van der Waals surface area (Å²) in [5.74, 6) is 1.01. The maximum absolute atomic E-state index is 14.2. The minimum Gasteiger partial charge on any atom is -0.493 e. The number of thiazole rings is 1. The van der Waals surface area contributed by atoms with Gasteiger partial charge in [0, 0.05) is 5.56 Å². The van der Waals surface area contributed by atoms with E-state index >= 15 is 0 Å². The summed E-state index contributed by atoms with van der Waals surface area (Å²) in [6.45, 7) is 9.72. The third-order valence-corrected chi connectivity index (χ3v) is 8.27. The zero-order valence-electron chi connectivity index (χ0n) is 27.2. The highest BCUT2D eigenvalue weighted by Crippen LogP contribution is 2.37. The molecule has 1 atom stereocenters. The number of carbonyl (C=O) groups excluding carboxylic acids is 1. The number of methoxy groups -OCH3 is 1. The Kier molecular flexibility index (Phi) is 10.5. The first-order valence-corrected chi connectivity index (χ1v) is 16.1. The molecule has 0 N–H and O–H groups in total. The van der Waals surface area contributed by atoms with Crippen molar-refractivity contribution in [2.45, 2.75) is 53.4 Å². The van der Waals surface area contributed by atoms with E-state index in [2.05, 4.69) is 4.99 Å². The Bertz CT molecular complexity index is 2000. The Morgan fingerprint density at radius 1 is 1.00 bits per heavy atom. The first kappa shape index (κ1) is 33.5. The third-order valence-electron chi connectivity index (χ3n) is 7.29. The van der Waals surface area contributed by atoms with Crippen LogP contribution in [0.15, 0.2) is 81.7 Å². The van der Waals surface area contributed by atoms with Gasteiger partial charge < -0.3 is 23.7 Å². The molecule has 0 fully saturated rings. The fourth-order valence-electron chi connectivity index (χ4n) is 5.24. The number of rotatable bonds is 12. The van der Waals surface area contributed by atoms with Gasteiger partial charge in [0.05, 0.1) is 48.3 Å². The van der Waals surface area contributed by atoms with E-state index in [0.717, 1.165) is 0 Å². The molecule has 11 heteroatoms. The summed E-state index contributed by atoms with van der Waals surface area (Å²) in [7, 11) is 1.54. The predicted molar refractivity (Wildman–Crippen MR) is 177 cm³/mol. The van der Waals surface area contributed by atoms with E-state index in [9.17, 15) is 14.0 Å². The number of carbonyl (C=O) groups is 1. The van der Waals surface area contributed by atoms with Crippen LogP contribution in [0.4, 0.5) is 4.39 Å². The maximum Gasteiger partial charge on any atom is 0.338 e. The Morgan fingerprint density at radius 3 is 2.47 bits per heavy atom. The first-order chi connectivity index (χ1) is 22.6. The number of esters is 1. The van der Waals surface area contributed by atoms with Crippen LogP contribution in [0.2, 0.25) is 0 Å². The van der Waals surface area contributed by atoms with Crippen LogP contribution in [0.1, 0.15) is 57.4 Å². The van der Waals surface area contributed by atoms with Crippen molar-refractivity contribution in [2.75, 3.05) is 20.3 Å². The van der Waals surface area contributed by atoms with Gasteiger partial charge in [0.1, 0.15) is 12.4 Å². The summed E-state index contributed by atoms with van der Waals surface area (Å²) in [5, 5.41) is 0. The van der Waals surface area contributed by atoms with E-state index in [1.807, 2.05) is 26.8 Å². The summed E-state index contributed by atoms with van der Waals surface area (Å²) in [6.07, 6.45) is 1.66. The maximum atomic E-state index is 14.2. The molecule has 9 nitrogen and oxygen atoms in total. The molecule has 5 rings (SSSR count). The number of ether oxygens (including phenoxy) is 5. The molecule has 4 aromatic rings. The lowest BCUT2D eigenvalue weighted by Crippen LogP contribution is -2.40. The Morgan fingerprint density at radius 2 is 1.77 bits per heavy atom. The Hall–Kier alpha value is -4.90. The van der Waals surface area contributed by atoms with Gasteiger partial charge in [-0.3, -0.25) is 9.36 Å². The molecule has 0 bridgehead atoms. The molecule has 0 unspecified atom stereocenters. The number of hydrogen-bond acceptors (Lipinski definition) is 9. The van der Waals surface area contributed by atoms with Crippen LogP contribution in [0.3, 0.4) is 0 Å². The number of halogens is 1. The van der Waals surface area contributed by atoms with Gasteiger partial charge in [-0.15, -0.1) is 0 Å². The van der Waals surface area contributed by atoms with Gasteiger partial charge in [-0.2, -0.15) is 0 Å². The molecule has 1 aliphatic rings. The average molecular weight is 661 g/mol. The number of aromatic nitrogens is 1. The van der Waals surface area contributed by atoms with Crippen LogP contribution in [0.25, 0.3) is 6.08 Å². The van der Waals surface area contributed by atoms with Gasteiger partial charge in [0.25, 0.3) is 5.56 Å². The summed E-state index contributed by atoms with van der Waals surface area (Å²) in [6, 6.07) is 16.2. The molecular weight excluding hydrogens is 623 g/mol. The summed E-state index contributed by atoms with van der Waals surface area (Å²) in [5.41, 5.74) is 2.14. The Labute approximate surface area is 276 Å². The molecule has 246 valence electrons. The number of fused-ring (bicyclic) bond motifs is 1. The number of hydrogen-bond donors (Lipinski definition) is 0. The van der Waals surface area contributed by atoms with Crippen molar-refractivity contribution < 1.29 is 32.9 Å². The van der Waals surface area contributed by atoms with Crippen LogP contribution in [0.5, 0.6) is 23.0 Å². The zero-order valence-corrected chi connectivity index (χ0v) is 28.0. The molecule has 47 heavy (non-hydrogen) atoms. The van der Waals surface area contributed by atoms with E-state index in [-0.39, 0.29) is 36.3 Å². The SMILES string of the molecule is CCOC(=O)C1=C(C)N=c2s/c(=C\c3ccc(OCc4ccccc4F)c(OCC)c3)c(=O)n2[C@H]1c1ccc(OC(C)C)c(OC)c1. The monoisotopic (exact) mass is 660 g/mol. The lowest BCUT2D eigenvalue weighted by molar-refractivity contribution is -0.139. The van der Waals surface area contributed by atoms with Gasteiger partial charge in [-0.05, 0) is 82.2 Å². The van der Waals surface area contributed by atoms with Gasteiger partial charge in [0.15, 0.2) is 27.8 Å². The fourth-order valence-corrected chi connectivity index (χ4v) is 6.28. The molecule has 0 saturated carbocycles. The van der Waals surface area contributed by atoms with Crippen molar-refractivity contribution in [3.05, 3.63) is 114 Å². The summed E-state index contributed by atoms with van der Waals surface area (Å²) < 4.78 is 44.8. The van der Waals surface area contributed by atoms with Crippen LogP contribution >= 0.6 is 11.3 Å². The lowest BCUT2D eigenvalue weighted by Gasteiger charge is -2.25. The summed E-state index contributed by atoms with van der Waals surface area (Å²) >= 11 is 1.21. The van der Waals surface area contributed by atoms with Gasteiger partial charge >= 0.3 is 5.97 Å². The van der Waals surface area contributed by atoms with Crippen molar-refractivity contribution in [1.82, 2.24) is 4.57 Å². The first-order valence-electron chi connectivity index (χ1n) is 15.3. The number of nitrogens with zero attached hydrogens (tertiary/aromatic N) is 2. The van der Waals surface area contributed by atoms with Crippen molar-refractivity contribution in [1.29, 1.82) is 0 Å². The molecule has 0 radical (unpaired) electrons. The molecule has 1 aromatic heterocycles. The number of allylic oxidation sites excluding steroid dienone is 1. The van der Waals surface area contributed by atoms with Gasteiger partial charge in [-0.1, -0.05) is 41.7 Å². The number of benzene rings is 3. The highest BCUT2D eigenvalue weighted by atomic mass is 32.1. The molecule has 3 aromatic carbocycles. The second-order valence-electron chi connectivity index (χ2n) is 10.9. The average Bonchev–Trinajstić information content (AvgIpc) is 3.34. The quantitative estimate of drug-likeness (QED) is 0.180. The lowest BCUT2D eigenvalue weighted by atomic mass is 9.95. The highest BCUT2D eigenvalue weighted by molar-refractivity contribution is 7.07. The predicted octanol–water partition coefficient (Wildman–Crippen LogP) is 5.71. The van der Waals surface area contributed by atoms with E-state index < -0.39 is 12.0 Å². The molecule has 0 saturated heterocycles. The van der Waals surface area contributed by atoms with Crippen molar-refractivity contribution in [3.63, 3.8) is 0 Å². The van der Waals surface area contributed by atoms with E-state index in [0.29, 0.717) is 61.3 Å². The minimum absolute atomic E-state index is 0.0300. The zero-order chi connectivity index (χ0) is 33.7. The van der Waals surface area contributed by atoms with Crippen LogP contribution < -0.4 is 33.8 Å². The van der Waals surface area contributed by atoms with Gasteiger partial charge in [-0.25, -0.2) is 14.2 Å². The second kappa shape index (κ2) is 14.7. The van der Waals surface area contributed by atoms with E-state index in [4.69, 9.17) is 23.7 Å². The van der Waals surface area contributed by atoms with Crippen LogP contribution in [0, 0.1) is 5.82 Å². The van der Waals surface area contributed by atoms with Crippen LogP contribution in [-0.4, -0.2) is 37.0 Å². The van der Waals surface area contributed by atoms with Crippen molar-refractivity contribution >= 4 is 23.4 Å². The standard InChI is InChI=1S/C36H37FN2O7S/c1-7-43-30-17-23(13-15-27(30)45-20-25-11-9-10-12-26(25)37)18-31-34(40)39-33(24-14-16-28(46-21(3)4)29(19-24)42-6)32(35(41)44-8-2)22(5)38-36(39)47-31/h9-19,21,33H,7-8,20H2,1-6H3/b31-18-/t33-/m0/s1. The minimum atomic E-state index is -0.817. The normalized spacial score (nSPS) is 14.5. The second-order valence-corrected chi connectivity index (χ2v) is 11.9. The van der Waals surface area contributed by atoms with E-state index in [1.54, 1.807) is 68.5 Å². The highest BCUT2D eigenvalue weighted by Gasteiger charge is 2.34. The molecule has 0 spiro atoms. The topological polar surface area (TPSA) is 97.6 Å². The largest absolute Gasteiger partial charge is 0.493 e.